The Balaban J connectivity index is 1.86. The van der Waals surface area contributed by atoms with Crippen molar-refractivity contribution >= 4 is 10.9 Å². The van der Waals surface area contributed by atoms with E-state index in [9.17, 15) is 0 Å². The number of likely N-dealkylation sites (N-methyl/N-ethyl adjacent to an activating group) is 1. The molecule has 0 radical (unpaired) electrons. The summed E-state index contributed by atoms with van der Waals surface area (Å²) in [5.41, 5.74) is 5.91. The second-order valence-corrected chi connectivity index (χ2v) is 7.08. The Morgan fingerprint density at radius 2 is 1.74 bits per heavy atom. The van der Waals surface area contributed by atoms with E-state index in [0.717, 1.165) is 17.6 Å². The molecule has 1 aliphatic rings. The van der Waals surface area contributed by atoms with Crippen LogP contribution in [0.3, 0.4) is 0 Å². The van der Waals surface area contributed by atoms with Gasteiger partial charge in [0, 0.05) is 35.1 Å². The molecule has 4 rings (SSSR count). The fourth-order valence-corrected chi connectivity index (χ4v) is 3.94. The van der Waals surface area contributed by atoms with Crippen molar-refractivity contribution in [3.63, 3.8) is 0 Å². The van der Waals surface area contributed by atoms with Gasteiger partial charge in [-0.3, -0.25) is 0 Å². The molecule has 1 atom stereocenters. The molecular formula is C21H25N2+. The fourth-order valence-electron chi connectivity index (χ4n) is 3.94. The molecule has 0 unspecified atom stereocenters. The van der Waals surface area contributed by atoms with Gasteiger partial charge in [-0.2, -0.15) is 0 Å². The van der Waals surface area contributed by atoms with E-state index >= 15 is 0 Å². The number of hydrogen-bond donors (Lipinski definition) is 0. The molecule has 0 saturated carbocycles. The maximum Gasteiger partial charge on any atom is 0.107 e. The molecule has 0 N–H and O–H groups in total. The van der Waals surface area contributed by atoms with Crippen LogP contribution in [0.2, 0.25) is 0 Å². The molecule has 2 nitrogen and oxygen atoms in total. The number of rotatable bonds is 3. The van der Waals surface area contributed by atoms with Gasteiger partial charge in [0.15, 0.2) is 0 Å². The van der Waals surface area contributed by atoms with Crippen LogP contribution in [-0.2, 0) is 19.5 Å². The first-order valence-corrected chi connectivity index (χ1v) is 8.67. The number of nitrogens with zero attached hydrogens (tertiary/aromatic N) is 2. The van der Waals surface area contributed by atoms with Gasteiger partial charge in [-0.1, -0.05) is 48.5 Å². The van der Waals surface area contributed by atoms with Crippen LogP contribution >= 0.6 is 0 Å². The normalized spacial score (nSPS) is 20.6. The Hall–Kier alpha value is -2.06. The van der Waals surface area contributed by atoms with Gasteiger partial charge in [-0.05, 0) is 18.6 Å². The highest BCUT2D eigenvalue weighted by atomic mass is 15.3. The van der Waals surface area contributed by atoms with E-state index in [1.807, 2.05) is 0 Å². The molecule has 2 heterocycles. The van der Waals surface area contributed by atoms with Crippen LogP contribution in [0, 0.1) is 0 Å². The molecule has 3 aromatic rings. The van der Waals surface area contributed by atoms with Gasteiger partial charge in [0.25, 0.3) is 0 Å². The Morgan fingerprint density at radius 3 is 2.52 bits per heavy atom. The van der Waals surface area contributed by atoms with Crippen LogP contribution < -0.4 is 0 Å². The smallest absolute Gasteiger partial charge is 0.107 e. The van der Waals surface area contributed by atoms with Crippen LogP contribution in [0.1, 0.15) is 23.7 Å². The van der Waals surface area contributed by atoms with Crippen LogP contribution in [0.25, 0.3) is 10.9 Å². The van der Waals surface area contributed by atoms with E-state index in [1.54, 1.807) is 11.3 Å². The summed E-state index contributed by atoms with van der Waals surface area (Å²) in [7, 11) is 2.40. The van der Waals surface area contributed by atoms with Crippen molar-refractivity contribution < 1.29 is 4.48 Å². The van der Waals surface area contributed by atoms with Crippen molar-refractivity contribution in [2.45, 2.75) is 26.4 Å². The van der Waals surface area contributed by atoms with Crippen molar-refractivity contribution in [1.29, 1.82) is 0 Å². The average molecular weight is 305 g/mol. The van der Waals surface area contributed by atoms with Crippen LogP contribution in [0.4, 0.5) is 0 Å². The zero-order valence-electron chi connectivity index (χ0n) is 14.1. The highest BCUT2D eigenvalue weighted by molar-refractivity contribution is 5.85. The molecule has 23 heavy (non-hydrogen) atoms. The first-order valence-electron chi connectivity index (χ1n) is 8.67. The first-order chi connectivity index (χ1) is 11.2. The number of para-hydroxylation sites is 1. The predicted octanol–water partition coefficient (Wildman–Crippen LogP) is 4.21. The van der Waals surface area contributed by atoms with Crippen LogP contribution in [0.15, 0.2) is 54.6 Å². The maximum absolute atomic E-state index is 2.55. The number of hydrogen-bond acceptors (Lipinski definition) is 0. The van der Waals surface area contributed by atoms with E-state index in [-0.39, 0.29) is 0 Å². The standard InChI is InChI=1S/C21H25N2/c1-3-23(2)14-13-21-19(16-23)18-11-7-8-12-20(18)22(21)15-17-9-5-4-6-10-17/h4-12H,3,13-16H2,1-2H3/q+1/t23-/m1/s1. The van der Waals surface area contributed by atoms with E-state index in [1.165, 1.54) is 36.0 Å². The molecule has 0 spiro atoms. The number of benzene rings is 2. The second kappa shape index (κ2) is 5.54. The molecule has 118 valence electrons. The van der Waals surface area contributed by atoms with Gasteiger partial charge in [-0.15, -0.1) is 0 Å². The summed E-state index contributed by atoms with van der Waals surface area (Å²) in [4.78, 5) is 0. The third-order valence-electron chi connectivity index (χ3n) is 5.57. The Labute approximate surface area is 138 Å². The van der Waals surface area contributed by atoms with Gasteiger partial charge in [0.2, 0.25) is 0 Å². The number of aromatic nitrogens is 1. The van der Waals surface area contributed by atoms with Gasteiger partial charge < -0.3 is 9.05 Å². The molecule has 1 aliphatic heterocycles. The van der Waals surface area contributed by atoms with Gasteiger partial charge in [0.1, 0.15) is 6.54 Å². The molecule has 0 saturated heterocycles. The first kappa shape index (κ1) is 14.5. The van der Waals surface area contributed by atoms with E-state index in [0.29, 0.717) is 0 Å². The minimum atomic E-state index is 0.979. The van der Waals surface area contributed by atoms with E-state index in [2.05, 4.69) is 73.1 Å². The maximum atomic E-state index is 2.55. The van der Waals surface area contributed by atoms with Crippen LogP contribution in [-0.4, -0.2) is 29.2 Å². The van der Waals surface area contributed by atoms with Crippen molar-refractivity contribution in [1.82, 2.24) is 4.57 Å². The highest BCUT2D eigenvalue weighted by Crippen LogP contribution is 2.33. The Morgan fingerprint density at radius 1 is 1.00 bits per heavy atom. The van der Waals surface area contributed by atoms with Crippen molar-refractivity contribution in [3.8, 4) is 0 Å². The lowest BCUT2D eigenvalue weighted by molar-refractivity contribution is -0.922. The third kappa shape index (κ3) is 2.47. The Kier molecular flexibility index (Phi) is 3.50. The predicted molar refractivity (Wildman–Crippen MR) is 96.5 cm³/mol. The van der Waals surface area contributed by atoms with Crippen LogP contribution in [0.5, 0.6) is 0 Å². The highest BCUT2D eigenvalue weighted by Gasteiger charge is 2.31. The SMILES string of the molecule is CC[N@+]1(C)CCc2c(c3ccccc3n2Cc2ccccc2)C1. The van der Waals surface area contributed by atoms with Gasteiger partial charge >= 0.3 is 0 Å². The molecular weight excluding hydrogens is 280 g/mol. The summed E-state index contributed by atoms with van der Waals surface area (Å²) in [5, 5.41) is 1.45. The largest absolute Gasteiger partial charge is 0.339 e. The number of fused-ring (bicyclic) bond motifs is 3. The average Bonchev–Trinajstić information content (AvgIpc) is 2.89. The summed E-state index contributed by atoms with van der Waals surface area (Å²) in [6, 6.07) is 19.8. The van der Waals surface area contributed by atoms with E-state index in [4.69, 9.17) is 0 Å². The molecule has 0 aliphatic carbocycles. The summed E-state index contributed by atoms with van der Waals surface area (Å²) in [6.45, 7) is 6.90. The fraction of sp³-hybridized carbons (Fsp3) is 0.333. The lowest BCUT2D eigenvalue weighted by Crippen LogP contribution is -2.47. The summed E-state index contributed by atoms with van der Waals surface area (Å²) in [5.74, 6) is 0. The molecule has 0 bridgehead atoms. The quantitative estimate of drug-likeness (QED) is 0.639. The summed E-state index contributed by atoms with van der Waals surface area (Å²) < 4.78 is 3.71. The topological polar surface area (TPSA) is 4.93 Å². The van der Waals surface area contributed by atoms with E-state index < -0.39 is 0 Å². The lowest BCUT2D eigenvalue weighted by atomic mass is 10.0. The van der Waals surface area contributed by atoms with Gasteiger partial charge in [0.05, 0.1) is 20.1 Å². The minimum absolute atomic E-state index is 0.979. The number of quaternary nitrogens is 1. The molecule has 1 aromatic heterocycles. The minimum Gasteiger partial charge on any atom is -0.339 e. The molecule has 2 aromatic carbocycles. The summed E-state index contributed by atoms with van der Waals surface area (Å²) >= 11 is 0. The Bertz CT molecular complexity index is 832. The molecule has 0 fully saturated rings. The lowest BCUT2D eigenvalue weighted by Gasteiger charge is -2.37. The monoisotopic (exact) mass is 305 g/mol. The molecule has 0 amide bonds. The zero-order valence-corrected chi connectivity index (χ0v) is 14.1. The van der Waals surface area contributed by atoms with Crippen molar-refractivity contribution in [2.75, 3.05) is 20.1 Å². The van der Waals surface area contributed by atoms with Crippen molar-refractivity contribution in [2.24, 2.45) is 0 Å². The van der Waals surface area contributed by atoms with Crippen molar-refractivity contribution in [3.05, 3.63) is 71.4 Å². The third-order valence-corrected chi connectivity index (χ3v) is 5.57. The summed E-state index contributed by atoms with van der Waals surface area (Å²) in [6.07, 6.45) is 1.18. The molecule has 2 heteroatoms. The zero-order chi connectivity index (χ0) is 15.9. The second-order valence-electron chi connectivity index (χ2n) is 7.08. The van der Waals surface area contributed by atoms with Gasteiger partial charge in [-0.25, -0.2) is 0 Å².